The van der Waals surface area contributed by atoms with Crippen molar-refractivity contribution in [2.24, 2.45) is 5.41 Å². The van der Waals surface area contributed by atoms with Crippen LogP contribution in [0.1, 0.15) is 29.8 Å². The average molecular weight is 306 g/mol. The standard InChI is InChI=1S/C17H22O5/c1-17(2,11-19-3)8-7-13-14(20-4)9-12(16(18)22-6)10-15(13)21-5/h9-10H,11H2,1-6H3. The first-order valence-corrected chi connectivity index (χ1v) is 6.75. The molecule has 1 rings (SSSR count). The molecule has 0 saturated heterocycles. The van der Waals surface area contributed by atoms with Crippen molar-refractivity contribution in [3.8, 4) is 23.3 Å². The Morgan fingerprint density at radius 2 is 1.64 bits per heavy atom. The molecular weight excluding hydrogens is 284 g/mol. The second kappa shape index (κ2) is 7.71. The normalized spacial score (nSPS) is 10.5. The summed E-state index contributed by atoms with van der Waals surface area (Å²) < 4.78 is 20.5. The predicted molar refractivity (Wildman–Crippen MR) is 83.4 cm³/mol. The van der Waals surface area contributed by atoms with Crippen LogP contribution in [0.4, 0.5) is 0 Å². The zero-order valence-corrected chi connectivity index (χ0v) is 13.9. The van der Waals surface area contributed by atoms with Gasteiger partial charge in [0.15, 0.2) is 0 Å². The smallest absolute Gasteiger partial charge is 0.338 e. The van der Waals surface area contributed by atoms with Gasteiger partial charge in [0.2, 0.25) is 0 Å². The van der Waals surface area contributed by atoms with Crippen LogP contribution in [0.25, 0.3) is 0 Å². The number of methoxy groups -OCH3 is 4. The first-order valence-electron chi connectivity index (χ1n) is 6.75. The van der Waals surface area contributed by atoms with Crippen molar-refractivity contribution in [3.05, 3.63) is 23.3 Å². The third-order valence-corrected chi connectivity index (χ3v) is 2.96. The van der Waals surface area contributed by atoms with E-state index in [0.717, 1.165) is 0 Å². The van der Waals surface area contributed by atoms with Crippen LogP contribution in [0.2, 0.25) is 0 Å². The van der Waals surface area contributed by atoms with E-state index in [2.05, 4.69) is 11.8 Å². The highest BCUT2D eigenvalue weighted by atomic mass is 16.5. The molecule has 0 radical (unpaired) electrons. The fraction of sp³-hybridized carbons (Fsp3) is 0.471. The van der Waals surface area contributed by atoms with Gasteiger partial charge in [-0.05, 0) is 26.0 Å². The van der Waals surface area contributed by atoms with E-state index in [1.807, 2.05) is 13.8 Å². The van der Waals surface area contributed by atoms with E-state index < -0.39 is 5.97 Å². The van der Waals surface area contributed by atoms with E-state index in [0.29, 0.717) is 29.2 Å². The van der Waals surface area contributed by atoms with Crippen molar-refractivity contribution in [1.29, 1.82) is 0 Å². The minimum atomic E-state index is -0.462. The lowest BCUT2D eigenvalue weighted by Crippen LogP contribution is -2.15. The maximum atomic E-state index is 11.7. The van der Waals surface area contributed by atoms with Gasteiger partial charge >= 0.3 is 5.97 Å². The van der Waals surface area contributed by atoms with Gasteiger partial charge in [0.25, 0.3) is 0 Å². The number of ether oxygens (including phenoxy) is 4. The number of carbonyl (C=O) groups excluding carboxylic acids is 1. The molecule has 0 atom stereocenters. The molecule has 1 aromatic carbocycles. The van der Waals surface area contributed by atoms with Gasteiger partial charge in [-0.25, -0.2) is 4.79 Å². The minimum Gasteiger partial charge on any atom is -0.495 e. The number of esters is 1. The largest absolute Gasteiger partial charge is 0.495 e. The van der Waals surface area contributed by atoms with Crippen molar-refractivity contribution in [2.45, 2.75) is 13.8 Å². The van der Waals surface area contributed by atoms with Crippen LogP contribution in [-0.2, 0) is 9.47 Å². The molecule has 120 valence electrons. The molecule has 5 heteroatoms. The molecule has 5 nitrogen and oxygen atoms in total. The molecule has 0 aliphatic heterocycles. The lowest BCUT2D eigenvalue weighted by Gasteiger charge is -2.16. The highest BCUT2D eigenvalue weighted by Crippen LogP contribution is 2.30. The van der Waals surface area contributed by atoms with E-state index in [4.69, 9.17) is 18.9 Å². The quantitative estimate of drug-likeness (QED) is 0.618. The molecule has 0 unspecified atom stereocenters. The second-order valence-corrected chi connectivity index (χ2v) is 5.31. The summed E-state index contributed by atoms with van der Waals surface area (Å²) in [4.78, 5) is 11.7. The SMILES string of the molecule is COCC(C)(C)C#Cc1c(OC)cc(C(=O)OC)cc1OC. The molecule has 0 fully saturated rings. The molecule has 0 saturated carbocycles. The predicted octanol–water partition coefficient (Wildman–Crippen LogP) is 2.51. The Balaban J connectivity index is 3.36. The fourth-order valence-electron chi connectivity index (χ4n) is 1.90. The van der Waals surface area contributed by atoms with E-state index in [-0.39, 0.29) is 5.41 Å². The molecule has 0 N–H and O–H groups in total. The highest BCUT2D eigenvalue weighted by molar-refractivity contribution is 5.91. The fourth-order valence-corrected chi connectivity index (χ4v) is 1.90. The van der Waals surface area contributed by atoms with Crippen LogP contribution < -0.4 is 9.47 Å². The molecule has 0 heterocycles. The van der Waals surface area contributed by atoms with Crippen LogP contribution >= 0.6 is 0 Å². The number of hydrogen-bond acceptors (Lipinski definition) is 5. The third kappa shape index (κ3) is 4.40. The second-order valence-electron chi connectivity index (χ2n) is 5.31. The van der Waals surface area contributed by atoms with Gasteiger partial charge in [-0.3, -0.25) is 0 Å². The molecule has 0 aliphatic carbocycles. The Morgan fingerprint density at radius 3 is 2.05 bits per heavy atom. The Morgan fingerprint density at radius 1 is 1.09 bits per heavy atom. The summed E-state index contributed by atoms with van der Waals surface area (Å²) in [6.45, 7) is 4.46. The topological polar surface area (TPSA) is 54.0 Å². The van der Waals surface area contributed by atoms with E-state index in [1.54, 1.807) is 19.2 Å². The Hall–Kier alpha value is -2.19. The first kappa shape index (κ1) is 17.9. The maximum absolute atomic E-state index is 11.7. The number of benzene rings is 1. The van der Waals surface area contributed by atoms with Crippen molar-refractivity contribution in [3.63, 3.8) is 0 Å². The van der Waals surface area contributed by atoms with Gasteiger partial charge in [0, 0.05) is 12.5 Å². The van der Waals surface area contributed by atoms with Crippen molar-refractivity contribution in [2.75, 3.05) is 35.0 Å². The van der Waals surface area contributed by atoms with Gasteiger partial charge < -0.3 is 18.9 Å². The van der Waals surface area contributed by atoms with E-state index in [1.165, 1.54) is 21.3 Å². The summed E-state index contributed by atoms with van der Waals surface area (Å²) in [7, 11) is 5.99. The molecule has 22 heavy (non-hydrogen) atoms. The Kier molecular flexibility index (Phi) is 6.26. The van der Waals surface area contributed by atoms with Gasteiger partial charge in [0.1, 0.15) is 17.1 Å². The molecule has 0 amide bonds. The summed E-state index contributed by atoms with van der Waals surface area (Å²) in [6, 6.07) is 3.17. The molecule has 1 aromatic rings. The van der Waals surface area contributed by atoms with Crippen molar-refractivity contribution >= 4 is 5.97 Å². The highest BCUT2D eigenvalue weighted by Gasteiger charge is 2.17. The molecular formula is C17H22O5. The zero-order valence-electron chi connectivity index (χ0n) is 13.9. The van der Waals surface area contributed by atoms with Gasteiger partial charge in [-0.1, -0.05) is 11.8 Å². The van der Waals surface area contributed by atoms with E-state index >= 15 is 0 Å². The van der Waals surface area contributed by atoms with Crippen molar-refractivity contribution < 1.29 is 23.7 Å². The van der Waals surface area contributed by atoms with Crippen LogP contribution in [0.5, 0.6) is 11.5 Å². The zero-order chi connectivity index (χ0) is 16.8. The summed E-state index contributed by atoms with van der Waals surface area (Å²) in [5.41, 5.74) is 0.617. The van der Waals surface area contributed by atoms with Gasteiger partial charge in [-0.15, -0.1) is 0 Å². The lowest BCUT2D eigenvalue weighted by molar-refractivity contribution is 0.0600. The Bertz CT molecular complexity index is 568. The van der Waals surface area contributed by atoms with Crippen LogP contribution in [0.15, 0.2) is 12.1 Å². The Labute approximate surface area is 131 Å². The first-order chi connectivity index (χ1) is 10.4. The maximum Gasteiger partial charge on any atom is 0.338 e. The molecule has 0 bridgehead atoms. The van der Waals surface area contributed by atoms with Gasteiger partial charge in [0.05, 0.1) is 33.5 Å². The molecule has 0 aromatic heterocycles. The third-order valence-electron chi connectivity index (χ3n) is 2.96. The molecule has 0 aliphatic rings. The monoisotopic (exact) mass is 306 g/mol. The summed E-state index contributed by atoms with van der Waals surface area (Å²) in [6.07, 6.45) is 0. The lowest BCUT2D eigenvalue weighted by atomic mass is 9.95. The van der Waals surface area contributed by atoms with Crippen LogP contribution in [0.3, 0.4) is 0 Å². The summed E-state index contributed by atoms with van der Waals surface area (Å²) in [5.74, 6) is 6.65. The summed E-state index contributed by atoms with van der Waals surface area (Å²) >= 11 is 0. The number of carbonyl (C=O) groups is 1. The van der Waals surface area contributed by atoms with E-state index in [9.17, 15) is 4.79 Å². The van der Waals surface area contributed by atoms with Crippen molar-refractivity contribution in [1.82, 2.24) is 0 Å². The minimum absolute atomic E-state index is 0.314. The number of hydrogen-bond donors (Lipinski definition) is 0. The average Bonchev–Trinajstić information content (AvgIpc) is 2.51. The summed E-state index contributed by atoms with van der Waals surface area (Å²) in [5, 5.41) is 0. The number of rotatable bonds is 5. The van der Waals surface area contributed by atoms with Crippen LogP contribution in [0, 0.1) is 17.3 Å². The van der Waals surface area contributed by atoms with Crippen LogP contribution in [-0.4, -0.2) is 41.0 Å². The van der Waals surface area contributed by atoms with Gasteiger partial charge in [-0.2, -0.15) is 0 Å². The molecule has 0 spiro atoms.